The van der Waals surface area contributed by atoms with Crippen LogP contribution >= 0.6 is 0 Å². The van der Waals surface area contributed by atoms with Crippen LogP contribution in [0.15, 0.2) is 0 Å². The van der Waals surface area contributed by atoms with Crippen molar-refractivity contribution in [3.63, 3.8) is 0 Å². The molecule has 6 heteroatoms. The zero-order valence-electron chi connectivity index (χ0n) is 10.4. The molecule has 0 aromatic carbocycles. The molecule has 1 fully saturated rings. The van der Waals surface area contributed by atoms with Crippen LogP contribution in [0.5, 0.6) is 0 Å². The minimum absolute atomic E-state index is 0.101. The maximum Gasteiger partial charge on any atom is 0.293 e. The van der Waals surface area contributed by atoms with E-state index in [0.29, 0.717) is 12.4 Å². The van der Waals surface area contributed by atoms with Gasteiger partial charge < -0.3 is 9.64 Å². The Labute approximate surface area is 100 Å². The van der Waals surface area contributed by atoms with Crippen LogP contribution < -0.4 is 0 Å². The van der Waals surface area contributed by atoms with Crippen LogP contribution in [-0.2, 0) is 4.74 Å². The third kappa shape index (κ3) is 2.46. The predicted octanol–water partition coefficient (Wildman–Crippen LogP) is 0.753. The molecule has 2 rings (SSSR count). The third-order valence-corrected chi connectivity index (χ3v) is 3.21. The van der Waals surface area contributed by atoms with Gasteiger partial charge in [0.15, 0.2) is 0 Å². The number of likely N-dealkylation sites (tertiary alicyclic amines) is 1. The van der Waals surface area contributed by atoms with Gasteiger partial charge in [0, 0.05) is 19.7 Å². The van der Waals surface area contributed by atoms with Crippen molar-refractivity contribution in [2.45, 2.75) is 38.8 Å². The fourth-order valence-electron chi connectivity index (χ4n) is 2.21. The third-order valence-electron chi connectivity index (χ3n) is 3.21. The van der Waals surface area contributed by atoms with Gasteiger partial charge in [0.1, 0.15) is 5.82 Å². The van der Waals surface area contributed by atoms with Crippen LogP contribution in [-0.4, -0.2) is 51.8 Å². The van der Waals surface area contributed by atoms with Crippen molar-refractivity contribution in [1.82, 2.24) is 20.1 Å². The Morgan fingerprint density at radius 1 is 1.59 bits per heavy atom. The van der Waals surface area contributed by atoms with Gasteiger partial charge in [0.25, 0.3) is 5.91 Å². The van der Waals surface area contributed by atoms with Crippen molar-refractivity contribution in [1.29, 1.82) is 0 Å². The quantitative estimate of drug-likeness (QED) is 0.825. The zero-order chi connectivity index (χ0) is 12.4. The van der Waals surface area contributed by atoms with E-state index in [0.717, 1.165) is 12.8 Å². The van der Waals surface area contributed by atoms with Gasteiger partial charge in [-0.15, -0.1) is 5.10 Å². The van der Waals surface area contributed by atoms with Gasteiger partial charge in [-0.2, -0.15) is 0 Å². The molecule has 1 amide bonds. The second kappa shape index (κ2) is 4.83. The van der Waals surface area contributed by atoms with Crippen molar-refractivity contribution in [2.75, 3.05) is 13.7 Å². The number of piperidine rings is 1. The number of methoxy groups -OCH3 is 1. The van der Waals surface area contributed by atoms with E-state index >= 15 is 0 Å². The maximum atomic E-state index is 12.2. The average molecular weight is 238 g/mol. The number of carbonyl (C=O) groups excluding carboxylic acids is 1. The monoisotopic (exact) mass is 238 g/mol. The summed E-state index contributed by atoms with van der Waals surface area (Å²) in [5.74, 6) is 0.814. The molecule has 0 saturated carbocycles. The molecule has 2 unspecified atom stereocenters. The smallest absolute Gasteiger partial charge is 0.293 e. The molecule has 0 bridgehead atoms. The number of aryl methyl sites for hydroxylation is 1. The van der Waals surface area contributed by atoms with E-state index < -0.39 is 0 Å². The first-order chi connectivity index (χ1) is 8.11. The average Bonchev–Trinajstić information content (AvgIpc) is 2.75. The van der Waals surface area contributed by atoms with Gasteiger partial charge >= 0.3 is 0 Å². The van der Waals surface area contributed by atoms with Crippen LogP contribution in [0.1, 0.15) is 36.2 Å². The molecule has 0 spiro atoms. The highest BCUT2D eigenvalue weighted by atomic mass is 16.5. The molecule has 1 aromatic rings. The van der Waals surface area contributed by atoms with Crippen molar-refractivity contribution < 1.29 is 9.53 Å². The molecule has 1 saturated heterocycles. The topological polar surface area (TPSA) is 71.1 Å². The summed E-state index contributed by atoms with van der Waals surface area (Å²) in [7, 11) is 1.72. The number of nitrogens with zero attached hydrogens (tertiary/aromatic N) is 3. The number of aromatic amines is 1. The Hall–Kier alpha value is -1.43. The number of hydrogen-bond acceptors (Lipinski definition) is 4. The first-order valence-corrected chi connectivity index (χ1v) is 5.84. The molecule has 1 aliphatic rings. The number of hydrogen-bond donors (Lipinski definition) is 1. The summed E-state index contributed by atoms with van der Waals surface area (Å²) in [6.07, 6.45) is 1.99. The summed E-state index contributed by atoms with van der Waals surface area (Å²) in [6.45, 7) is 4.51. The number of ether oxygens (including phenoxy) is 1. The van der Waals surface area contributed by atoms with Gasteiger partial charge in [-0.3, -0.25) is 9.89 Å². The predicted molar refractivity (Wildman–Crippen MR) is 61.6 cm³/mol. The molecule has 94 valence electrons. The van der Waals surface area contributed by atoms with Crippen molar-refractivity contribution in [3.8, 4) is 0 Å². The van der Waals surface area contributed by atoms with Gasteiger partial charge in [-0.05, 0) is 26.7 Å². The lowest BCUT2D eigenvalue weighted by Gasteiger charge is -2.36. The van der Waals surface area contributed by atoms with Gasteiger partial charge in [-0.25, -0.2) is 4.98 Å². The normalized spacial score (nSPS) is 25.0. The number of nitrogens with one attached hydrogen (secondary N) is 1. The summed E-state index contributed by atoms with van der Waals surface area (Å²) in [5, 5.41) is 6.60. The van der Waals surface area contributed by atoms with Crippen LogP contribution in [0, 0.1) is 6.92 Å². The fraction of sp³-hybridized carbons (Fsp3) is 0.727. The summed E-state index contributed by atoms with van der Waals surface area (Å²) >= 11 is 0. The molecular weight excluding hydrogens is 220 g/mol. The van der Waals surface area contributed by atoms with E-state index in [9.17, 15) is 4.79 Å². The molecule has 2 atom stereocenters. The Morgan fingerprint density at radius 3 is 2.88 bits per heavy atom. The number of H-pyrrole nitrogens is 1. The number of amides is 1. The maximum absolute atomic E-state index is 12.2. The number of carbonyl (C=O) groups is 1. The summed E-state index contributed by atoms with van der Waals surface area (Å²) in [4.78, 5) is 18.0. The first kappa shape index (κ1) is 12.0. The van der Waals surface area contributed by atoms with Crippen molar-refractivity contribution >= 4 is 5.91 Å². The Bertz CT molecular complexity index is 404. The van der Waals surface area contributed by atoms with Crippen LogP contribution in [0.4, 0.5) is 0 Å². The van der Waals surface area contributed by atoms with Gasteiger partial charge in [0.05, 0.1) is 6.10 Å². The van der Waals surface area contributed by atoms with E-state index in [1.165, 1.54) is 0 Å². The lowest BCUT2D eigenvalue weighted by Crippen LogP contribution is -2.46. The Morgan fingerprint density at radius 2 is 2.35 bits per heavy atom. The standard InChI is InChI=1S/C11H18N4O2/c1-7-6-9(17-3)4-5-15(7)11(16)10-12-8(2)13-14-10/h7,9H,4-6H2,1-3H3,(H,12,13,14). The van der Waals surface area contributed by atoms with E-state index in [-0.39, 0.29) is 23.9 Å². The van der Waals surface area contributed by atoms with Crippen molar-refractivity contribution in [2.24, 2.45) is 0 Å². The fourth-order valence-corrected chi connectivity index (χ4v) is 2.21. The molecule has 0 aliphatic carbocycles. The highest BCUT2D eigenvalue weighted by molar-refractivity contribution is 5.90. The van der Waals surface area contributed by atoms with Gasteiger partial charge in [0.2, 0.25) is 5.82 Å². The summed E-state index contributed by atoms with van der Waals surface area (Å²) in [6, 6.07) is 0.167. The molecule has 17 heavy (non-hydrogen) atoms. The molecule has 6 nitrogen and oxygen atoms in total. The second-order valence-corrected chi connectivity index (χ2v) is 4.47. The highest BCUT2D eigenvalue weighted by Gasteiger charge is 2.30. The SMILES string of the molecule is COC1CCN(C(=O)c2n[nH]c(C)n2)C(C)C1. The van der Waals surface area contributed by atoms with Crippen LogP contribution in [0.25, 0.3) is 0 Å². The Balaban J connectivity index is 2.06. The minimum Gasteiger partial charge on any atom is -0.381 e. The van der Waals surface area contributed by atoms with Crippen molar-refractivity contribution in [3.05, 3.63) is 11.6 Å². The van der Waals surface area contributed by atoms with E-state index in [4.69, 9.17) is 4.74 Å². The second-order valence-electron chi connectivity index (χ2n) is 4.47. The van der Waals surface area contributed by atoms with Crippen LogP contribution in [0.3, 0.4) is 0 Å². The highest BCUT2D eigenvalue weighted by Crippen LogP contribution is 2.20. The zero-order valence-corrected chi connectivity index (χ0v) is 10.4. The van der Waals surface area contributed by atoms with E-state index in [2.05, 4.69) is 15.2 Å². The summed E-state index contributed by atoms with van der Waals surface area (Å²) < 4.78 is 5.32. The van der Waals surface area contributed by atoms with Gasteiger partial charge in [-0.1, -0.05) is 0 Å². The lowest BCUT2D eigenvalue weighted by atomic mass is 10.0. The minimum atomic E-state index is -0.101. The Kier molecular flexibility index (Phi) is 3.42. The molecule has 1 N–H and O–H groups in total. The first-order valence-electron chi connectivity index (χ1n) is 5.84. The molecule has 2 heterocycles. The lowest BCUT2D eigenvalue weighted by molar-refractivity contribution is 0.0154. The molecule has 1 aromatic heterocycles. The molecule has 0 radical (unpaired) electrons. The number of aromatic nitrogens is 3. The molecule has 1 aliphatic heterocycles. The van der Waals surface area contributed by atoms with E-state index in [1.54, 1.807) is 14.0 Å². The molecular formula is C11H18N4O2. The summed E-state index contributed by atoms with van der Waals surface area (Å²) in [5.41, 5.74) is 0. The largest absolute Gasteiger partial charge is 0.381 e. The van der Waals surface area contributed by atoms with Crippen LogP contribution in [0.2, 0.25) is 0 Å². The number of rotatable bonds is 2. The van der Waals surface area contributed by atoms with E-state index in [1.807, 2.05) is 11.8 Å².